The predicted molar refractivity (Wildman–Crippen MR) is 101 cm³/mol. The summed E-state index contributed by atoms with van der Waals surface area (Å²) in [6.07, 6.45) is 2.11. The Morgan fingerprint density at radius 1 is 1.20 bits per heavy atom. The summed E-state index contributed by atoms with van der Waals surface area (Å²) in [4.78, 5) is 14.4. The highest BCUT2D eigenvalue weighted by molar-refractivity contribution is 9.10. The van der Waals surface area contributed by atoms with Crippen molar-refractivity contribution in [2.24, 2.45) is 0 Å². The van der Waals surface area contributed by atoms with E-state index in [9.17, 15) is 4.79 Å². The average Bonchev–Trinajstić information content (AvgIpc) is 2.65. The molecule has 2 aromatic carbocycles. The van der Waals surface area contributed by atoms with Crippen LogP contribution in [0.15, 0.2) is 46.9 Å². The van der Waals surface area contributed by atoms with Crippen molar-refractivity contribution in [3.05, 3.63) is 58.1 Å². The quantitative estimate of drug-likeness (QED) is 0.678. The number of methoxy groups -OCH3 is 1. The highest BCUT2D eigenvalue weighted by Gasteiger charge is 2.20. The standard InChI is InChI=1S/C20H22BrNO3/c1-24-17-9-8-15-10-11-22(14-16(15)13-17)20(23)7-4-12-25-19-6-3-2-5-18(19)21/h2-3,5-6,8-9,13H,4,7,10-12,14H2,1H3. The first kappa shape index (κ1) is 17.8. The molecule has 1 heterocycles. The van der Waals surface area contributed by atoms with Gasteiger partial charge in [0.05, 0.1) is 18.2 Å². The van der Waals surface area contributed by atoms with Gasteiger partial charge in [0, 0.05) is 19.5 Å². The molecule has 0 saturated carbocycles. The zero-order chi connectivity index (χ0) is 17.6. The van der Waals surface area contributed by atoms with Crippen molar-refractivity contribution in [2.75, 3.05) is 20.3 Å². The van der Waals surface area contributed by atoms with E-state index < -0.39 is 0 Å². The van der Waals surface area contributed by atoms with Crippen molar-refractivity contribution in [1.29, 1.82) is 0 Å². The number of ether oxygens (including phenoxy) is 2. The number of benzene rings is 2. The number of nitrogens with zero attached hydrogens (tertiary/aromatic N) is 1. The normalized spacial score (nSPS) is 13.3. The highest BCUT2D eigenvalue weighted by Crippen LogP contribution is 2.25. The fourth-order valence-corrected chi connectivity index (χ4v) is 3.40. The lowest BCUT2D eigenvalue weighted by molar-refractivity contribution is -0.132. The molecule has 4 nitrogen and oxygen atoms in total. The minimum Gasteiger partial charge on any atom is -0.497 e. The Bertz CT molecular complexity index is 747. The summed E-state index contributed by atoms with van der Waals surface area (Å²) in [6, 6.07) is 13.9. The van der Waals surface area contributed by atoms with E-state index in [0.29, 0.717) is 26.0 Å². The molecule has 0 saturated heterocycles. The molecule has 0 fully saturated rings. The summed E-state index contributed by atoms with van der Waals surface area (Å²) in [5.74, 6) is 1.84. The van der Waals surface area contributed by atoms with E-state index in [0.717, 1.165) is 28.9 Å². The summed E-state index contributed by atoms with van der Waals surface area (Å²) in [7, 11) is 1.67. The lowest BCUT2D eigenvalue weighted by atomic mass is 9.99. The van der Waals surface area contributed by atoms with Gasteiger partial charge < -0.3 is 14.4 Å². The fourth-order valence-electron chi connectivity index (χ4n) is 3.00. The highest BCUT2D eigenvalue weighted by atomic mass is 79.9. The molecule has 5 heteroatoms. The van der Waals surface area contributed by atoms with Gasteiger partial charge in [-0.3, -0.25) is 4.79 Å². The zero-order valence-electron chi connectivity index (χ0n) is 14.3. The van der Waals surface area contributed by atoms with Crippen molar-refractivity contribution < 1.29 is 14.3 Å². The second kappa shape index (κ2) is 8.39. The molecule has 0 N–H and O–H groups in total. The lowest BCUT2D eigenvalue weighted by Crippen LogP contribution is -2.36. The molecule has 1 aliphatic rings. The van der Waals surface area contributed by atoms with Crippen LogP contribution < -0.4 is 9.47 Å². The maximum Gasteiger partial charge on any atom is 0.223 e. The molecule has 2 aromatic rings. The number of hydrogen-bond donors (Lipinski definition) is 0. The van der Waals surface area contributed by atoms with Crippen LogP contribution in [0.25, 0.3) is 0 Å². The van der Waals surface area contributed by atoms with E-state index in [1.54, 1.807) is 7.11 Å². The Morgan fingerprint density at radius 3 is 2.84 bits per heavy atom. The van der Waals surface area contributed by atoms with Gasteiger partial charge in [0.1, 0.15) is 11.5 Å². The monoisotopic (exact) mass is 403 g/mol. The molecule has 3 rings (SSSR count). The van der Waals surface area contributed by atoms with Crippen molar-refractivity contribution in [3.63, 3.8) is 0 Å². The van der Waals surface area contributed by atoms with Crippen LogP contribution in [-0.4, -0.2) is 31.1 Å². The molecule has 0 atom stereocenters. The van der Waals surface area contributed by atoms with Gasteiger partial charge in [0.15, 0.2) is 0 Å². The van der Waals surface area contributed by atoms with Gasteiger partial charge in [-0.1, -0.05) is 18.2 Å². The first-order valence-electron chi connectivity index (χ1n) is 8.48. The largest absolute Gasteiger partial charge is 0.497 e. The maximum absolute atomic E-state index is 12.5. The number of halogens is 1. The Hall–Kier alpha value is -2.01. The number of para-hydroxylation sites is 1. The molecule has 0 spiro atoms. The van der Waals surface area contributed by atoms with Crippen molar-refractivity contribution >= 4 is 21.8 Å². The molecule has 0 radical (unpaired) electrons. The number of hydrogen-bond acceptors (Lipinski definition) is 3. The molecule has 0 aromatic heterocycles. The summed E-state index contributed by atoms with van der Waals surface area (Å²) >= 11 is 3.46. The van der Waals surface area contributed by atoms with Crippen molar-refractivity contribution in [3.8, 4) is 11.5 Å². The van der Waals surface area contributed by atoms with Gasteiger partial charge in [0.2, 0.25) is 5.91 Å². The predicted octanol–water partition coefficient (Wildman–Crippen LogP) is 4.20. The van der Waals surface area contributed by atoms with Crippen LogP contribution in [0.3, 0.4) is 0 Å². The van der Waals surface area contributed by atoms with E-state index in [1.165, 1.54) is 11.1 Å². The molecule has 1 amide bonds. The summed E-state index contributed by atoms with van der Waals surface area (Å²) < 4.78 is 11.9. The van der Waals surface area contributed by atoms with Gasteiger partial charge in [-0.2, -0.15) is 0 Å². The molecule has 25 heavy (non-hydrogen) atoms. The van der Waals surface area contributed by atoms with E-state index in [4.69, 9.17) is 9.47 Å². The van der Waals surface area contributed by atoms with Crippen LogP contribution in [0.4, 0.5) is 0 Å². The van der Waals surface area contributed by atoms with E-state index in [1.807, 2.05) is 41.3 Å². The third kappa shape index (κ3) is 4.54. The summed E-state index contributed by atoms with van der Waals surface area (Å²) in [6.45, 7) is 1.98. The minimum absolute atomic E-state index is 0.184. The van der Waals surface area contributed by atoms with Gasteiger partial charge >= 0.3 is 0 Å². The number of carbonyl (C=O) groups excluding carboxylic acids is 1. The number of fused-ring (bicyclic) bond motifs is 1. The van der Waals surface area contributed by atoms with Crippen LogP contribution >= 0.6 is 15.9 Å². The molecular formula is C20H22BrNO3. The molecule has 0 aliphatic carbocycles. The smallest absolute Gasteiger partial charge is 0.223 e. The third-order valence-electron chi connectivity index (χ3n) is 4.41. The van der Waals surface area contributed by atoms with Crippen LogP contribution in [0, 0.1) is 0 Å². The summed E-state index contributed by atoms with van der Waals surface area (Å²) in [5.41, 5.74) is 2.49. The minimum atomic E-state index is 0.184. The topological polar surface area (TPSA) is 38.8 Å². The van der Waals surface area contributed by atoms with Crippen molar-refractivity contribution in [1.82, 2.24) is 4.90 Å². The summed E-state index contributed by atoms with van der Waals surface area (Å²) in [5, 5.41) is 0. The Balaban J connectivity index is 1.48. The van der Waals surface area contributed by atoms with Crippen molar-refractivity contribution in [2.45, 2.75) is 25.8 Å². The first-order valence-corrected chi connectivity index (χ1v) is 9.27. The Labute approximate surface area is 156 Å². The Kier molecular flexibility index (Phi) is 5.97. The van der Waals surface area contributed by atoms with Gasteiger partial charge in [0.25, 0.3) is 0 Å². The lowest BCUT2D eigenvalue weighted by Gasteiger charge is -2.29. The Morgan fingerprint density at radius 2 is 2.04 bits per heavy atom. The molecule has 0 unspecified atom stereocenters. The van der Waals surface area contributed by atoms with Gasteiger partial charge in [-0.05, 0) is 64.2 Å². The molecule has 0 bridgehead atoms. The van der Waals surface area contributed by atoms with E-state index >= 15 is 0 Å². The fraction of sp³-hybridized carbons (Fsp3) is 0.350. The van der Waals surface area contributed by atoms with Crippen LogP contribution in [0.5, 0.6) is 11.5 Å². The third-order valence-corrected chi connectivity index (χ3v) is 5.06. The zero-order valence-corrected chi connectivity index (χ0v) is 15.9. The second-order valence-electron chi connectivity index (χ2n) is 6.08. The number of rotatable bonds is 6. The average molecular weight is 404 g/mol. The van der Waals surface area contributed by atoms with Crippen LogP contribution in [0.2, 0.25) is 0 Å². The maximum atomic E-state index is 12.5. The SMILES string of the molecule is COc1ccc2c(c1)CN(C(=O)CCCOc1ccccc1Br)CC2. The first-order chi connectivity index (χ1) is 12.2. The van der Waals surface area contributed by atoms with Crippen LogP contribution in [-0.2, 0) is 17.8 Å². The van der Waals surface area contributed by atoms with Gasteiger partial charge in [-0.25, -0.2) is 0 Å². The van der Waals surface area contributed by atoms with E-state index in [-0.39, 0.29) is 5.91 Å². The number of amides is 1. The number of carbonyl (C=O) groups is 1. The molecule has 1 aliphatic heterocycles. The van der Waals surface area contributed by atoms with Gasteiger partial charge in [-0.15, -0.1) is 0 Å². The second-order valence-corrected chi connectivity index (χ2v) is 6.94. The van der Waals surface area contributed by atoms with E-state index in [2.05, 4.69) is 22.0 Å². The molecule has 132 valence electrons. The molecular weight excluding hydrogens is 382 g/mol. The van der Waals surface area contributed by atoms with Crippen LogP contribution in [0.1, 0.15) is 24.0 Å².